The van der Waals surface area contributed by atoms with Crippen molar-refractivity contribution in [2.24, 2.45) is 0 Å². The molecule has 2 aromatic heterocycles. The molecule has 11 rings (SSSR count). The Bertz CT molecular complexity index is 3220. The number of hydrogen-bond donors (Lipinski definition) is 0. The van der Waals surface area contributed by atoms with E-state index in [1.54, 1.807) is 0 Å². The number of nitrogens with zero attached hydrogens (tertiary/aromatic N) is 1. The van der Waals surface area contributed by atoms with Crippen LogP contribution in [0.3, 0.4) is 0 Å². The van der Waals surface area contributed by atoms with Gasteiger partial charge in [0.1, 0.15) is 22.3 Å². The van der Waals surface area contributed by atoms with Gasteiger partial charge in [0.2, 0.25) is 0 Å². The first-order chi connectivity index (χ1) is 27.3. The lowest BCUT2D eigenvalue weighted by Gasteiger charge is -2.29. The van der Waals surface area contributed by atoms with E-state index in [0.29, 0.717) is 0 Å². The number of hydrogen-bond acceptors (Lipinski definition) is 3. The molecule has 0 amide bonds. The number of para-hydroxylation sites is 3. The molecule has 258 valence electrons. The number of rotatable bonds is 6. The predicted molar refractivity (Wildman–Crippen MR) is 229 cm³/mol. The Labute approximate surface area is 317 Å². The SMILES string of the molecule is c1ccc(-c2cccc3cccc(-c4ccccc4N(c4cccc(-c5ccc6oc7ccccc7c6c5)c4)c4cccc5oc6ccccc6c45)c23)cc1. The summed E-state index contributed by atoms with van der Waals surface area (Å²) in [6, 6.07) is 71.1. The molecule has 2 heterocycles. The van der Waals surface area contributed by atoms with E-state index in [-0.39, 0.29) is 0 Å². The van der Waals surface area contributed by atoms with Crippen molar-refractivity contribution in [3.05, 3.63) is 200 Å². The molecule has 0 N–H and O–H groups in total. The van der Waals surface area contributed by atoms with Crippen LogP contribution in [0, 0.1) is 0 Å². The van der Waals surface area contributed by atoms with Crippen molar-refractivity contribution in [2.45, 2.75) is 0 Å². The second kappa shape index (κ2) is 12.6. The Hall–Kier alpha value is -7.36. The summed E-state index contributed by atoms with van der Waals surface area (Å²) < 4.78 is 12.7. The fraction of sp³-hybridized carbons (Fsp3) is 0. The summed E-state index contributed by atoms with van der Waals surface area (Å²) in [5, 5.41) is 6.82. The lowest BCUT2D eigenvalue weighted by Crippen LogP contribution is -2.12. The van der Waals surface area contributed by atoms with Gasteiger partial charge in [-0.25, -0.2) is 0 Å². The summed E-state index contributed by atoms with van der Waals surface area (Å²) >= 11 is 0. The molecule has 11 aromatic rings. The summed E-state index contributed by atoms with van der Waals surface area (Å²) in [4.78, 5) is 2.42. The van der Waals surface area contributed by atoms with Gasteiger partial charge in [-0.1, -0.05) is 146 Å². The zero-order valence-corrected chi connectivity index (χ0v) is 29.8. The Kier molecular flexibility index (Phi) is 7.17. The van der Waals surface area contributed by atoms with Gasteiger partial charge < -0.3 is 13.7 Å². The number of anilines is 3. The minimum atomic E-state index is 0.853. The predicted octanol–water partition coefficient (Wildman–Crippen LogP) is 15.1. The summed E-state index contributed by atoms with van der Waals surface area (Å²) in [7, 11) is 0. The third kappa shape index (κ3) is 5.13. The molecule has 3 heteroatoms. The monoisotopic (exact) mass is 703 g/mol. The third-order valence-electron chi connectivity index (χ3n) is 10.9. The molecule has 0 aliphatic carbocycles. The van der Waals surface area contributed by atoms with E-state index in [1.807, 2.05) is 18.2 Å². The Morgan fingerprint density at radius 2 is 0.891 bits per heavy atom. The van der Waals surface area contributed by atoms with Crippen molar-refractivity contribution >= 4 is 71.7 Å². The molecule has 0 saturated heterocycles. The van der Waals surface area contributed by atoms with Crippen molar-refractivity contribution in [1.29, 1.82) is 0 Å². The van der Waals surface area contributed by atoms with Crippen molar-refractivity contribution in [3.8, 4) is 33.4 Å². The molecule has 55 heavy (non-hydrogen) atoms. The molecule has 3 nitrogen and oxygen atoms in total. The molecule has 0 bridgehead atoms. The highest BCUT2D eigenvalue weighted by Crippen LogP contribution is 2.48. The first-order valence-corrected chi connectivity index (χ1v) is 18.7. The standard InChI is InChI=1S/C52H33NO2/c1-2-14-34(15-3-1)39-23-11-16-35-17-12-24-42(51(35)39)40-20-4-7-25-45(40)53(46-26-13-29-50-52(46)43-22-6-9-28-48(43)55-50)38-19-10-18-36(32-38)37-30-31-49-44(33-37)41-21-5-8-27-47(41)54-49/h1-33H. The van der Waals surface area contributed by atoms with Crippen LogP contribution < -0.4 is 4.90 Å². The first kappa shape index (κ1) is 31.2. The number of benzene rings is 9. The molecule has 0 saturated carbocycles. The van der Waals surface area contributed by atoms with Gasteiger partial charge in [-0.15, -0.1) is 0 Å². The smallest absolute Gasteiger partial charge is 0.137 e. The Morgan fingerprint density at radius 1 is 0.309 bits per heavy atom. The van der Waals surface area contributed by atoms with Gasteiger partial charge in [-0.3, -0.25) is 0 Å². The fourth-order valence-corrected chi connectivity index (χ4v) is 8.40. The molecule has 0 atom stereocenters. The van der Waals surface area contributed by atoms with Gasteiger partial charge >= 0.3 is 0 Å². The third-order valence-corrected chi connectivity index (χ3v) is 10.9. The second-order valence-corrected chi connectivity index (χ2v) is 14.0. The minimum Gasteiger partial charge on any atom is -0.456 e. The van der Waals surface area contributed by atoms with Crippen LogP contribution in [0.2, 0.25) is 0 Å². The van der Waals surface area contributed by atoms with Gasteiger partial charge in [0.15, 0.2) is 0 Å². The Balaban J connectivity index is 1.17. The highest BCUT2D eigenvalue weighted by atomic mass is 16.3. The average molecular weight is 704 g/mol. The summed E-state index contributed by atoms with van der Waals surface area (Å²) in [5.41, 5.74) is 13.6. The molecule has 0 aliphatic rings. The second-order valence-electron chi connectivity index (χ2n) is 14.0. The van der Waals surface area contributed by atoms with Crippen LogP contribution in [0.25, 0.3) is 88.0 Å². The van der Waals surface area contributed by atoms with Crippen LogP contribution in [-0.4, -0.2) is 0 Å². The summed E-state index contributed by atoms with van der Waals surface area (Å²) in [6.45, 7) is 0. The van der Waals surface area contributed by atoms with Gasteiger partial charge in [0.05, 0.1) is 16.8 Å². The molecule has 0 fully saturated rings. The fourth-order valence-electron chi connectivity index (χ4n) is 8.40. The maximum Gasteiger partial charge on any atom is 0.137 e. The van der Waals surface area contributed by atoms with Gasteiger partial charge in [0, 0.05) is 27.4 Å². The highest BCUT2D eigenvalue weighted by molar-refractivity contribution is 6.15. The van der Waals surface area contributed by atoms with E-state index < -0.39 is 0 Å². The molecule has 0 spiro atoms. The molecule has 0 unspecified atom stereocenters. The summed E-state index contributed by atoms with van der Waals surface area (Å²) in [5.74, 6) is 0. The van der Waals surface area contributed by atoms with E-state index in [0.717, 1.165) is 77.6 Å². The topological polar surface area (TPSA) is 29.5 Å². The van der Waals surface area contributed by atoms with Crippen LogP contribution in [0.5, 0.6) is 0 Å². The van der Waals surface area contributed by atoms with Gasteiger partial charge in [-0.2, -0.15) is 0 Å². The lowest BCUT2D eigenvalue weighted by atomic mass is 9.90. The van der Waals surface area contributed by atoms with Gasteiger partial charge in [0.25, 0.3) is 0 Å². The van der Waals surface area contributed by atoms with Crippen molar-refractivity contribution in [3.63, 3.8) is 0 Å². The van der Waals surface area contributed by atoms with E-state index in [1.165, 1.54) is 27.5 Å². The van der Waals surface area contributed by atoms with Gasteiger partial charge in [-0.05, 0) is 93.2 Å². The zero-order valence-electron chi connectivity index (χ0n) is 29.8. The minimum absolute atomic E-state index is 0.853. The Morgan fingerprint density at radius 3 is 1.76 bits per heavy atom. The first-order valence-electron chi connectivity index (χ1n) is 18.7. The van der Waals surface area contributed by atoms with E-state index in [9.17, 15) is 0 Å². The van der Waals surface area contributed by atoms with E-state index in [4.69, 9.17) is 8.83 Å². The quantitative estimate of drug-likeness (QED) is 0.173. The van der Waals surface area contributed by atoms with Crippen molar-refractivity contribution in [1.82, 2.24) is 0 Å². The molecular weight excluding hydrogens is 671 g/mol. The van der Waals surface area contributed by atoms with Crippen molar-refractivity contribution < 1.29 is 8.83 Å². The maximum atomic E-state index is 6.48. The molecule has 9 aromatic carbocycles. The van der Waals surface area contributed by atoms with Crippen LogP contribution >= 0.6 is 0 Å². The molecule has 0 radical (unpaired) electrons. The average Bonchev–Trinajstić information content (AvgIpc) is 3.83. The number of furan rings is 2. The molecule has 0 aliphatic heterocycles. The van der Waals surface area contributed by atoms with E-state index in [2.05, 4.69) is 187 Å². The number of fused-ring (bicyclic) bond motifs is 7. The highest BCUT2D eigenvalue weighted by Gasteiger charge is 2.23. The van der Waals surface area contributed by atoms with Crippen LogP contribution in [-0.2, 0) is 0 Å². The maximum absolute atomic E-state index is 6.48. The largest absolute Gasteiger partial charge is 0.456 e. The normalized spacial score (nSPS) is 11.6. The van der Waals surface area contributed by atoms with Crippen LogP contribution in [0.15, 0.2) is 209 Å². The summed E-state index contributed by atoms with van der Waals surface area (Å²) in [6.07, 6.45) is 0. The van der Waals surface area contributed by atoms with Crippen molar-refractivity contribution in [2.75, 3.05) is 4.90 Å². The van der Waals surface area contributed by atoms with Crippen LogP contribution in [0.4, 0.5) is 17.1 Å². The molecular formula is C52H33NO2. The van der Waals surface area contributed by atoms with E-state index >= 15 is 0 Å². The van der Waals surface area contributed by atoms with Crippen LogP contribution in [0.1, 0.15) is 0 Å². The zero-order chi connectivity index (χ0) is 36.3. The lowest BCUT2D eigenvalue weighted by molar-refractivity contribution is 0.668.